The zero-order chi connectivity index (χ0) is 41.7. The Labute approximate surface area is 369 Å². The average Bonchev–Trinajstić information content (AvgIpc) is 3.76. The molecule has 0 saturated carbocycles. The van der Waals surface area contributed by atoms with E-state index in [9.17, 15) is 0 Å². The minimum absolute atomic E-state index is 0.689. The van der Waals surface area contributed by atoms with Gasteiger partial charge in [0.25, 0.3) is 0 Å². The van der Waals surface area contributed by atoms with Crippen molar-refractivity contribution in [3.63, 3.8) is 0 Å². The third-order valence-corrected chi connectivity index (χ3v) is 13.3. The Hall–Kier alpha value is -8.05. The first-order valence-electron chi connectivity index (χ1n) is 21.2. The van der Waals surface area contributed by atoms with E-state index >= 15 is 0 Å². The number of nitrogens with zero attached hydrogens (tertiary/aromatic N) is 3. The Bertz CT molecular complexity index is 3530. The minimum Gasteiger partial charge on any atom is -0.246 e. The molecule has 0 amide bonds. The molecule has 3 heterocycles. The number of rotatable bonds is 7. The van der Waals surface area contributed by atoms with Crippen molar-refractivity contribution in [3.05, 3.63) is 224 Å². The largest absolute Gasteiger partial charge is 0.246 e. The van der Waals surface area contributed by atoms with Crippen LogP contribution in [0.5, 0.6) is 0 Å². The molecule has 294 valence electrons. The van der Waals surface area contributed by atoms with Gasteiger partial charge in [-0.15, -0.1) is 11.3 Å². The molecule has 0 fully saturated rings. The van der Waals surface area contributed by atoms with Crippen LogP contribution in [0.15, 0.2) is 224 Å². The molecule has 0 bridgehead atoms. The lowest BCUT2D eigenvalue weighted by atomic mass is 9.96. The number of hydrogen-bond donors (Lipinski definition) is 0. The highest BCUT2D eigenvalue weighted by molar-refractivity contribution is 7.26. The van der Waals surface area contributed by atoms with Gasteiger partial charge in [-0.3, -0.25) is 0 Å². The summed E-state index contributed by atoms with van der Waals surface area (Å²) < 4.78 is 2.49. The number of thiophene rings is 1. The number of fused-ring (bicyclic) bond motifs is 7. The molecule has 0 atom stereocenters. The van der Waals surface area contributed by atoms with Crippen LogP contribution in [0, 0.1) is 0 Å². The Morgan fingerprint density at radius 3 is 1.44 bits per heavy atom. The van der Waals surface area contributed by atoms with Crippen molar-refractivity contribution in [2.45, 2.75) is 0 Å². The van der Waals surface area contributed by atoms with Crippen molar-refractivity contribution in [1.29, 1.82) is 0 Å². The molecule has 0 radical (unpaired) electrons. The highest BCUT2D eigenvalue weighted by Crippen LogP contribution is 2.45. The fourth-order valence-corrected chi connectivity index (χ4v) is 10.1. The van der Waals surface area contributed by atoms with Gasteiger partial charge in [-0.05, 0) is 68.4 Å². The highest BCUT2D eigenvalue weighted by atomic mass is 32.1. The first-order valence-corrected chi connectivity index (χ1v) is 22.1. The van der Waals surface area contributed by atoms with Crippen LogP contribution in [0.25, 0.3) is 120 Å². The van der Waals surface area contributed by atoms with Gasteiger partial charge >= 0.3 is 0 Å². The standard InChI is InChI=1S/C59H37N3S/c1-3-12-38(13-4-1)40-22-28-44(29-23-40)52-37-53(62-59(61-52)46-32-26-41(27-33-46)39-14-5-2-6-15-39)45-30-24-42(25-31-45)47-17-11-18-48(36-47)57-58-56(50-20-9-10-21-54(50)63-58)55-49-19-8-7-16-43(49)34-35-51(55)60-57/h1-37H. The molecule has 0 spiro atoms. The molecule has 3 nitrogen and oxygen atoms in total. The summed E-state index contributed by atoms with van der Waals surface area (Å²) in [5.41, 5.74) is 14.9. The molecule has 4 heteroatoms. The van der Waals surface area contributed by atoms with Crippen molar-refractivity contribution in [3.8, 4) is 78.5 Å². The van der Waals surface area contributed by atoms with Crippen molar-refractivity contribution in [2.24, 2.45) is 0 Å². The molecule has 0 aliphatic rings. The fourth-order valence-electron chi connectivity index (χ4n) is 8.90. The molecule has 3 aromatic heterocycles. The lowest BCUT2D eigenvalue weighted by molar-refractivity contribution is 1.18. The maximum atomic E-state index is 5.41. The second kappa shape index (κ2) is 15.4. The van der Waals surface area contributed by atoms with Crippen molar-refractivity contribution >= 4 is 53.2 Å². The zero-order valence-electron chi connectivity index (χ0n) is 34.1. The van der Waals surface area contributed by atoms with Crippen molar-refractivity contribution in [2.75, 3.05) is 0 Å². The van der Waals surface area contributed by atoms with Gasteiger partial charge < -0.3 is 0 Å². The second-order valence-corrected chi connectivity index (χ2v) is 17.0. The Kier molecular flexibility index (Phi) is 9.02. The average molecular weight is 820 g/mol. The topological polar surface area (TPSA) is 38.7 Å². The van der Waals surface area contributed by atoms with Gasteiger partial charge in [0.2, 0.25) is 0 Å². The molecule has 0 N–H and O–H groups in total. The maximum Gasteiger partial charge on any atom is 0.160 e. The van der Waals surface area contributed by atoms with Crippen LogP contribution in [0.3, 0.4) is 0 Å². The highest BCUT2D eigenvalue weighted by Gasteiger charge is 2.19. The van der Waals surface area contributed by atoms with Gasteiger partial charge in [-0.1, -0.05) is 200 Å². The summed E-state index contributed by atoms with van der Waals surface area (Å²) in [6.07, 6.45) is 0. The van der Waals surface area contributed by atoms with E-state index in [1.54, 1.807) is 0 Å². The lowest BCUT2D eigenvalue weighted by Crippen LogP contribution is -1.96. The molecular formula is C59H37N3S. The number of hydrogen-bond acceptors (Lipinski definition) is 4. The van der Waals surface area contributed by atoms with Gasteiger partial charge in [0.15, 0.2) is 5.82 Å². The van der Waals surface area contributed by atoms with Gasteiger partial charge in [-0.25, -0.2) is 15.0 Å². The third kappa shape index (κ3) is 6.74. The molecule has 0 aliphatic heterocycles. The van der Waals surface area contributed by atoms with Crippen LogP contribution < -0.4 is 0 Å². The smallest absolute Gasteiger partial charge is 0.160 e. The van der Waals surface area contributed by atoms with E-state index < -0.39 is 0 Å². The van der Waals surface area contributed by atoms with Crippen LogP contribution >= 0.6 is 11.3 Å². The van der Waals surface area contributed by atoms with Gasteiger partial charge in [0, 0.05) is 43.1 Å². The Balaban J connectivity index is 0.928. The van der Waals surface area contributed by atoms with Gasteiger partial charge in [0.1, 0.15) is 0 Å². The first-order chi connectivity index (χ1) is 31.2. The van der Waals surface area contributed by atoms with E-state index in [0.29, 0.717) is 5.82 Å². The maximum absolute atomic E-state index is 5.41. The summed E-state index contributed by atoms with van der Waals surface area (Å²) in [5.74, 6) is 0.689. The predicted molar refractivity (Wildman–Crippen MR) is 266 cm³/mol. The Morgan fingerprint density at radius 2 is 0.794 bits per heavy atom. The van der Waals surface area contributed by atoms with Crippen LogP contribution in [0.4, 0.5) is 0 Å². The fraction of sp³-hybridized carbons (Fsp3) is 0. The zero-order valence-corrected chi connectivity index (χ0v) is 34.9. The summed E-state index contributed by atoms with van der Waals surface area (Å²) in [6.45, 7) is 0. The first kappa shape index (κ1) is 36.8. The third-order valence-electron chi connectivity index (χ3n) is 12.1. The van der Waals surface area contributed by atoms with Crippen LogP contribution in [-0.2, 0) is 0 Å². The monoisotopic (exact) mass is 819 g/mol. The number of aromatic nitrogens is 3. The van der Waals surface area contributed by atoms with Crippen molar-refractivity contribution in [1.82, 2.24) is 15.0 Å². The summed E-state index contributed by atoms with van der Waals surface area (Å²) in [5, 5.41) is 6.25. The summed E-state index contributed by atoms with van der Waals surface area (Å²) in [4.78, 5) is 15.8. The summed E-state index contributed by atoms with van der Waals surface area (Å²) in [6, 6.07) is 79.6. The van der Waals surface area contributed by atoms with E-state index in [1.165, 1.54) is 53.0 Å². The van der Waals surface area contributed by atoms with Gasteiger partial charge in [0.05, 0.1) is 27.3 Å². The minimum atomic E-state index is 0.689. The Morgan fingerprint density at radius 1 is 0.302 bits per heavy atom. The molecule has 12 aromatic rings. The molecule has 0 saturated heterocycles. The van der Waals surface area contributed by atoms with Crippen LogP contribution in [-0.4, -0.2) is 15.0 Å². The van der Waals surface area contributed by atoms with Crippen LogP contribution in [0.2, 0.25) is 0 Å². The SMILES string of the molecule is c1ccc(-c2ccc(-c3cc(-c4ccc(-c5cccc(-c6nc7ccc8ccccc8c7c7c6sc6ccccc67)c5)cc4)nc(-c4ccc(-c5ccccc5)cc4)n3)cc2)cc1. The summed E-state index contributed by atoms with van der Waals surface area (Å²) in [7, 11) is 0. The van der Waals surface area contributed by atoms with Gasteiger partial charge in [-0.2, -0.15) is 0 Å². The lowest BCUT2D eigenvalue weighted by Gasteiger charge is -2.12. The van der Waals surface area contributed by atoms with Crippen molar-refractivity contribution < 1.29 is 0 Å². The van der Waals surface area contributed by atoms with E-state index in [2.05, 4.69) is 212 Å². The molecule has 63 heavy (non-hydrogen) atoms. The molecule has 0 unspecified atom stereocenters. The normalized spacial score (nSPS) is 11.5. The molecule has 0 aliphatic carbocycles. The number of benzene rings is 9. The molecule has 12 rings (SSSR count). The molecule has 9 aromatic carbocycles. The number of pyridine rings is 1. The van der Waals surface area contributed by atoms with E-state index in [1.807, 2.05) is 23.5 Å². The van der Waals surface area contributed by atoms with Crippen LogP contribution in [0.1, 0.15) is 0 Å². The van der Waals surface area contributed by atoms with E-state index in [4.69, 9.17) is 15.0 Å². The quantitative estimate of drug-likeness (QED) is 0.150. The summed E-state index contributed by atoms with van der Waals surface area (Å²) >= 11 is 1.83. The van der Waals surface area contributed by atoms with E-state index in [0.717, 1.165) is 61.5 Å². The predicted octanol–water partition coefficient (Wildman–Crippen LogP) is 16.2. The van der Waals surface area contributed by atoms with E-state index in [-0.39, 0.29) is 0 Å². The second-order valence-electron chi connectivity index (χ2n) is 16.0. The molecular weight excluding hydrogens is 783 g/mol.